The predicted molar refractivity (Wildman–Crippen MR) is 111 cm³/mol. The maximum absolute atomic E-state index is 5.95. The standard InChI is InChI=1S/C22H20N2O2S/c1-25-18-9-7-16(8-10-18)14-23-22-20-13-19(11-12-21(20)27-24-22)26-15-17-5-3-2-4-6-17/h2-13H,14-15H2,1H3,(H,23,24). The number of ether oxygens (including phenoxy) is 2. The van der Waals surface area contributed by atoms with Crippen molar-refractivity contribution in [3.05, 3.63) is 83.9 Å². The molecule has 1 aromatic heterocycles. The van der Waals surface area contributed by atoms with Crippen LogP contribution in [0.1, 0.15) is 11.1 Å². The van der Waals surface area contributed by atoms with Gasteiger partial charge in [0, 0.05) is 11.9 Å². The van der Waals surface area contributed by atoms with Gasteiger partial charge in [-0.3, -0.25) is 0 Å². The molecule has 0 aliphatic carbocycles. The third kappa shape index (κ3) is 4.20. The summed E-state index contributed by atoms with van der Waals surface area (Å²) >= 11 is 1.49. The quantitative estimate of drug-likeness (QED) is 0.463. The zero-order valence-electron chi connectivity index (χ0n) is 15.0. The molecule has 4 rings (SSSR count). The molecule has 0 unspecified atom stereocenters. The van der Waals surface area contributed by atoms with Crippen LogP contribution in [0, 0.1) is 0 Å². The van der Waals surface area contributed by atoms with Gasteiger partial charge in [-0.15, -0.1) is 0 Å². The molecular weight excluding hydrogens is 356 g/mol. The molecule has 0 aliphatic heterocycles. The average Bonchev–Trinajstić information content (AvgIpc) is 3.14. The van der Waals surface area contributed by atoms with E-state index in [0.29, 0.717) is 13.2 Å². The van der Waals surface area contributed by atoms with Crippen LogP contribution in [0.4, 0.5) is 5.82 Å². The number of aromatic nitrogens is 1. The first kappa shape index (κ1) is 17.4. The van der Waals surface area contributed by atoms with Crippen LogP contribution in [0.3, 0.4) is 0 Å². The van der Waals surface area contributed by atoms with Crippen LogP contribution < -0.4 is 14.8 Å². The zero-order chi connectivity index (χ0) is 18.5. The SMILES string of the molecule is COc1ccc(CNc2nsc3ccc(OCc4ccccc4)cc23)cc1. The van der Waals surface area contributed by atoms with Crippen molar-refractivity contribution in [1.82, 2.24) is 4.37 Å². The van der Waals surface area contributed by atoms with E-state index in [4.69, 9.17) is 9.47 Å². The highest BCUT2D eigenvalue weighted by molar-refractivity contribution is 7.13. The first-order valence-electron chi connectivity index (χ1n) is 8.75. The number of fused-ring (bicyclic) bond motifs is 1. The lowest BCUT2D eigenvalue weighted by Crippen LogP contribution is -2.00. The summed E-state index contributed by atoms with van der Waals surface area (Å²) in [6.45, 7) is 1.26. The molecule has 1 N–H and O–H groups in total. The van der Waals surface area contributed by atoms with Gasteiger partial charge in [-0.05, 0) is 53.0 Å². The van der Waals surface area contributed by atoms with Gasteiger partial charge >= 0.3 is 0 Å². The molecule has 4 aromatic rings. The van der Waals surface area contributed by atoms with Gasteiger partial charge in [0.05, 0.1) is 11.8 Å². The lowest BCUT2D eigenvalue weighted by Gasteiger charge is -2.08. The highest BCUT2D eigenvalue weighted by Gasteiger charge is 2.08. The Balaban J connectivity index is 1.46. The van der Waals surface area contributed by atoms with Crippen LogP contribution in [-0.2, 0) is 13.2 Å². The van der Waals surface area contributed by atoms with E-state index in [1.807, 2.05) is 36.4 Å². The lowest BCUT2D eigenvalue weighted by molar-refractivity contribution is 0.306. The Bertz CT molecular complexity index is 1010. The summed E-state index contributed by atoms with van der Waals surface area (Å²) in [5, 5.41) is 4.51. The van der Waals surface area contributed by atoms with E-state index in [0.717, 1.165) is 33.0 Å². The zero-order valence-corrected chi connectivity index (χ0v) is 15.8. The third-order valence-electron chi connectivity index (χ3n) is 4.31. The number of hydrogen-bond donors (Lipinski definition) is 1. The van der Waals surface area contributed by atoms with E-state index in [1.54, 1.807) is 7.11 Å². The normalized spacial score (nSPS) is 10.7. The number of hydrogen-bond acceptors (Lipinski definition) is 5. The summed E-state index contributed by atoms with van der Waals surface area (Å²) in [5.74, 6) is 2.59. The molecule has 3 aromatic carbocycles. The van der Waals surface area contributed by atoms with E-state index >= 15 is 0 Å². The first-order chi connectivity index (χ1) is 13.3. The van der Waals surface area contributed by atoms with Crippen molar-refractivity contribution in [3.63, 3.8) is 0 Å². The van der Waals surface area contributed by atoms with Gasteiger partial charge in [-0.2, -0.15) is 4.37 Å². The molecule has 0 bridgehead atoms. The summed E-state index contributed by atoms with van der Waals surface area (Å²) in [4.78, 5) is 0. The summed E-state index contributed by atoms with van der Waals surface area (Å²) < 4.78 is 16.8. The van der Waals surface area contributed by atoms with Gasteiger partial charge in [0.25, 0.3) is 0 Å². The second-order valence-corrected chi connectivity index (χ2v) is 6.97. The summed E-state index contributed by atoms with van der Waals surface area (Å²) in [5.41, 5.74) is 2.33. The minimum atomic E-state index is 0.554. The predicted octanol–water partition coefficient (Wildman–Crippen LogP) is 5.50. The molecule has 136 valence electrons. The van der Waals surface area contributed by atoms with Gasteiger partial charge in [0.15, 0.2) is 0 Å². The Morgan fingerprint density at radius 2 is 1.67 bits per heavy atom. The first-order valence-corrected chi connectivity index (χ1v) is 9.52. The topological polar surface area (TPSA) is 43.4 Å². The van der Waals surface area contributed by atoms with Crippen LogP contribution >= 0.6 is 11.5 Å². The largest absolute Gasteiger partial charge is 0.497 e. The van der Waals surface area contributed by atoms with Crippen LogP contribution in [0.2, 0.25) is 0 Å². The van der Waals surface area contributed by atoms with Crippen LogP contribution in [0.5, 0.6) is 11.5 Å². The fourth-order valence-electron chi connectivity index (χ4n) is 2.81. The van der Waals surface area contributed by atoms with Crippen molar-refractivity contribution in [2.75, 3.05) is 12.4 Å². The molecule has 0 atom stereocenters. The van der Waals surface area contributed by atoms with Crippen molar-refractivity contribution in [3.8, 4) is 11.5 Å². The maximum Gasteiger partial charge on any atom is 0.147 e. The maximum atomic E-state index is 5.95. The molecule has 0 spiro atoms. The van der Waals surface area contributed by atoms with Crippen LogP contribution in [0.25, 0.3) is 10.1 Å². The second kappa shape index (κ2) is 8.10. The van der Waals surface area contributed by atoms with Gasteiger partial charge in [-0.25, -0.2) is 0 Å². The van der Waals surface area contributed by atoms with E-state index in [2.05, 4.69) is 46.1 Å². The molecule has 1 heterocycles. The summed E-state index contributed by atoms with van der Waals surface area (Å²) in [6, 6.07) is 24.3. The van der Waals surface area contributed by atoms with Crippen molar-refractivity contribution in [2.24, 2.45) is 0 Å². The number of nitrogens with one attached hydrogen (secondary N) is 1. The highest BCUT2D eigenvalue weighted by atomic mass is 32.1. The molecule has 5 heteroatoms. The monoisotopic (exact) mass is 376 g/mol. The number of anilines is 1. The molecule has 0 saturated heterocycles. The Labute approximate surface area is 162 Å². The van der Waals surface area contributed by atoms with Gasteiger partial charge in [0.1, 0.15) is 23.9 Å². The molecule has 4 nitrogen and oxygen atoms in total. The summed E-state index contributed by atoms with van der Waals surface area (Å²) in [6.07, 6.45) is 0. The van der Waals surface area contributed by atoms with Crippen molar-refractivity contribution >= 4 is 27.4 Å². The number of benzene rings is 3. The summed E-state index contributed by atoms with van der Waals surface area (Å²) in [7, 11) is 1.67. The van der Waals surface area contributed by atoms with Gasteiger partial charge < -0.3 is 14.8 Å². The van der Waals surface area contributed by atoms with Gasteiger partial charge in [-0.1, -0.05) is 42.5 Å². The van der Waals surface area contributed by atoms with E-state index < -0.39 is 0 Å². The second-order valence-electron chi connectivity index (χ2n) is 6.17. The van der Waals surface area contributed by atoms with Crippen molar-refractivity contribution < 1.29 is 9.47 Å². The minimum absolute atomic E-state index is 0.554. The van der Waals surface area contributed by atoms with Gasteiger partial charge in [0.2, 0.25) is 0 Å². The Morgan fingerprint density at radius 3 is 2.44 bits per heavy atom. The molecular formula is C22H20N2O2S. The Hall–Kier alpha value is -3.05. The number of nitrogens with zero attached hydrogens (tertiary/aromatic N) is 1. The highest BCUT2D eigenvalue weighted by Crippen LogP contribution is 2.31. The number of rotatable bonds is 7. The molecule has 0 fully saturated rings. The third-order valence-corrected chi connectivity index (χ3v) is 5.14. The smallest absolute Gasteiger partial charge is 0.147 e. The van der Waals surface area contributed by atoms with Crippen LogP contribution in [-0.4, -0.2) is 11.5 Å². The van der Waals surface area contributed by atoms with E-state index in [-0.39, 0.29) is 0 Å². The molecule has 0 radical (unpaired) electrons. The van der Waals surface area contributed by atoms with E-state index in [9.17, 15) is 0 Å². The Morgan fingerprint density at radius 1 is 0.889 bits per heavy atom. The Kier molecular flexibility index (Phi) is 5.21. The fourth-order valence-corrected chi connectivity index (χ4v) is 3.54. The van der Waals surface area contributed by atoms with E-state index in [1.165, 1.54) is 17.1 Å². The minimum Gasteiger partial charge on any atom is -0.497 e. The van der Waals surface area contributed by atoms with Crippen LogP contribution in [0.15, 0.2) is 72.8 Å². The van der Waals surface area contributed by atoms with Crippen molar-refractivity contribution in [2.45, 2.75) is 13.2 Å². The molecule has 0 aliphatic rings. The number of methoxy groups -OCH3 is 1. The lowest BCUT2D eigenvalue weighted by atomic mass is 10.2. The molecule has 27 heavy (non-hydrogen) atoms. The molecule has 0 saturated carbocycles. The average molecular weight is 376 g/mol. The van der Waals surface area contributed by atoms with Crippen molar-refractivity contribution in [1.29, 1.82) is 0 Å². The fraction of sp³-hybridized carbons (Fsp3) is 0.136. The molecule has 0 amide bonds.